The molecule has 29 heavy (non-hydrogen) atoms. The monoisotopic (exact) mass is 404 g/mol. The third kappa shape index (κ3) is 5.19. The molecule has 4 nitrogen and oxygen atoms in total. The van der Waals surface area contributed by atoms with Crippen LogP contribution in [0.3, 0.4) is 0 Å². The first-order chi connectivity index (χ1) is 14.3. The fraction of sp³-hybridized carbons (Fsp3) is 0.208. The molecule has 1 amide bonds. The second-order valence-electron chi connectivity index (χ2n) is 6.86. The number of rotatable bonds is 6. The van der Waals surface area contributed by atoms with Crippen molar-refractivity contribution < 1.29 is 9.53 Å². The molecule has 148 valence electrons. The molecule has 5 heteroatoms. The first-order valence-corrected chi connectivity index (χ1v) is 10.7. The molecule has 1 saturated heterocycles. The fourth-order valence-electron chi connectivity index (χ4n) is 3.32. The number of thioether (sulfide) groups is 1. The van der Waals surface area contributed by atoms with Gasteiger partial charge < -0.3 is 15.0 Å². The Labute approximate surface area is 175 Å². The molecule has 1 atom stereocenters. The number of ether oxygens (including phenoxy) is 1. The van der Waals surface area contributed by atoms with Crippen LogP contribution in [-0.4, -0.2) is 32.2 Å². The van der Waals surface area contributed by atoms with Crippen LogP contribution in [0.4, 0.5) is 11.4 Å². The summed E-state index contributed by atoms with van der Waals surface area (Å²) in [6.07, 6.45) is 0. The molecular weight excluding hydrogens is 380 g/mol. The molecule has 0 saturated carbocycles. The van der Waals surface area contributed by atoms with E-state index in [9.17, 15) is 4.79 Å². The van der Waals surface area contributed by atoms with E-state index in [2.05, 4.69) is 22.3 Å². The predicted octanol–water partition coefficient (Wildman–Crippen LogP) is 5.00. The third-order valence-corrected chi connectivity index (χ3v) is 6.11. The van der Waals surface area contributed by atoms with Crippen LogP contribution in [-0.2, 0) is 9.53 Å². The van der Waals surface area contributed by atoms with E-state index in [4.69, 9.17) is 4.74 Å². The minimum absolute atomic E-state index is 0.0239. The molecule has 3 aromatic rings. The normalized spacial score (nSPS) is 15.0. The van der Waals surface area contributed by atoms with Crippen LogP contribution in [0.2, 0.25) is 0 Å². The SMILES string of the molecule is O=C(Nc1ccc(N2CCOCC2)cc1)[C@H](Sc1ccccc1)c1ccccc1. The highest BCUT2D eigenvalue weighted by molar-refractivity contribution is 8.00. The topological polar surface area (TPSA) is 41.6 Å². The lowest BCUT2D eigenvalue weighted by Crippen LogP contribution is -2.36. The fourth-order valence-corrected chi connectivity index (χ4v) is 4.37. The molecule has 1 aliphatic heterocycles. The van der Waals surface area contributed by atoms with Gasteiger partial charge in [0.05, 0.1) is 13.2 Å². The van der Waals surface area contributed by atoms with Crippen molar-refractivity contribution in [3.8, 4) is 0 Å². The molecule has 1 fully saturated rings. The number of amides is 1. The number of benzene rings is 3. The first-order valence-electron chi connectivity index (χ1n) is 9.80. The maximum atomic E-state index is 13.1. The average molecular weight is 405 g/mol. The Kier molecular flexibility index (Phi) is 6.49. The number of hydrogen-bond acceptors (Lipinski definition) is 4. The Bertz CT molecular complexity index is 911. The van der Waals surface area contributed by atoms with E-state index < -0.39 is 0 Å². The van der Waals surface area contributed by atoms with Crippen molar-refractivity contribution >= 4 is 29.0 Å². The summed E-state index contributed by atoms with van der Waals surface area (Å²) in [7, 11) is 0. The van der Waals surface area contributed by atoms with Crippen LogP contribution in [0.1, 0.15) is 10.8 Å². The number of nitrogens with zero attached hydrogens (tertiary/aromatic N) is 1. The van der Waals surface area contributed by atoms with Crippen LogP contribution in [0.5, 0.6) is 0 Å². The first kappa shape index (κ1) is 19.6. The van der Waals surface area contributed by atoms with Gasteiger partial charge in [0.15, 0.2) is 0 Å². The van der Waals surface area contributed by atoms with Crippen molar-refractivity contribution in [1.82, 2.24) is 0 Å². The summed E-state index contributed by atoms with van der Waals surface area (Å²) >= 11 is 1.56. The zero-order valence-corrected chi connectivity index (χ0v) is 17.0. The molecule has 1 heterocycles. The number of anilines is 2. The highest BCUT2D eigenvalue weighted by Crippen LogP contribution is 2.36. The van der Waals surface area contributed by atoms with Crippen molar-refractivity contribution in [3.05, 3.63) is 90.5 Å². The van der Waals surface area contributed by atoms with E-state index >= 15 is 0 Å². The lowest BCUT2D eigenvalue weighted by atomic mass is 10.1. The van der Waals surface area contributed by atoms with Gasteiger partial charge in [-0.05, 0) is 42.0 Å². The zero-order chi connectivity index (χ0) is 19.9. The Morgan fingerprint density at radius 2 is 1.48 bits per heavy atom. The maximum Gasteiger partial charge on any atom is 0.242 e. The molecule has 1 aliphatic rings. The van der Waals surface area contributed by atoms with Gasteiger partial charge in [0, 0.05) is 29.4 Å². The van der Waals surface area contributed by atoms with Crippen LogP contribution >= 0.6 is 11.8 Å². The van der Waals surface area contributed by atoms with Gasteiger partial charge >= 0.3 is 0 Å². The van der Waals surface area contributed by atoms with Crippen LogP contribution < -0.4 is 10.2 Å². The molecule has 0 aliphatic carbocycles. The van der Waals surface area contributed by atoms with Crippen molar-refractivity contribution in [1.29, 1.82) is 0 Å². The van der Waals surface area contributed by atoms with E-state index in [1.165, 1.54) is 0 Å². The smallest absolute Gasteiger partial charge is 0.242 e. The largest absolute Gasteiger partial charge is 0.378 e. The summed E-state index contributed by atoms with van der Waals surface area (Å²) in [5, 5.41) is 2.77. The van der Waals surface area contributed by atoms with Gasteiger partial charge in [-0.1, -0.05) is 48.5 Å². The van der Waals surface area contributed by atoms with Gasteiger partial charge in [-0.15, -0.1) is 11.8 Å². The molecule has 0 aromatic heterocycles. The second-order valence-corrected chi connectivity index (χ2v) is 8.04. The Balaban J connectivity index is 1.48. The Morgan fingerprint density at radius 1 is 0.862 bits per heavy atom. The minimum Gasteiger partial charge on any atom is -0.378 e. The molecular formula is C24H24N2O2S. The van der Waals surface area contributed by atoms with Crippen molar-refractivity contribution in [3.63, 3.8) is 0 Å². The summed E-state index contributed by atoms with van der Waals surface area (Å²) in [6, 6.07) is 28.0. The van der Waals surface area contributed by atoms with Crippen molar-refractivity contribution in [2.45, 2.75) is 10.1 Å². The summed E-state index contributed by atoms with van der Waals surface area (Å²) in [5.41, 5.74) is 2.95. The molecule has 0 spiro atoms. The van der Waals surface area contributed by atoms with E-state index in [1.807, 2.05) is 72.8 Å². The number of nitrogens with one attached hydrogen (secondary N) is 1. The molecule has 0 unspecified atom stereocenters. The van der Waals surface area contributed by atoms with Crippen molar-refractivity contribution in [2.24, 2.45) is 0 Å². The minimum atomic E-state index is -0.322. The Hall–Kier alpha value is -2.76. The van der Waals surface area contributed by atoms with E-state index in [0.717, 1.165) is 48.1 Å². The van der Waals surface area contributed by atoms with Gasteiger partial charge in [0.25, 0.3) is 0 Å². The highest BCUT2D eigenvalue weighted by Gasteiger charge is 2.22. The van der Waals surface area contributed by atoms with Crippen molar-refractivity contribution in [2.75, 3.05) is 36.5 Å². The van der Waals surface area contributed by atoms with Gasteiger partial charge in [0.2, 0.25) is 5.91 Å². The Morgan fingerprint density at radius 3 is 2.14 bits per heavy atom. The highest BCUT2D eigenvalue weighted by atomic mass is 32.2. The summed E-state index contributed by atoms with van der Waals surface area (Å²) < 4.78 is 5.41. The average Bonchev–Trinajstić information content (AvgIpc) is 2.80. The zero-order valence-electron chi connectivity index (χ0n) is 16.2. The predicted molar refractivity (Wildman–Crippen MR) is 120 cm³/mol. The van der Waals surface area contributed by atoms with Gasteiger partial charge in [-0.2, -0.15) is 0 Å². The molecule has 4 rings (SSSR count). The number of carbonyl (C=O) groups excluding carboxylic acids is 1. The standard InChI is InChI=1S/C24H24N2O2S/c27-24(25-20-11-13-21(14-12-20)26-15-17-28-18-16-26)23(19-7-3-1-4-8-19)29-22-9-5-2-6-10-22/h1-14,23H,15-18H2,(H,25,27)/t23-/m1/s1. The molecule has 0 radical (unpaired) electrons. The quantitative estimate of drug-likeness (QED) is 0.588. The molecule has 3 aromatic carbocycles. The summed E-state index contributed by atoms with van der Waals surface area (Å²) in [5.74, 6) is -0.0239. The van der Waals surface area contributed by atoms with Crippen LogP contribution in [0.25, 0.3) is 0 Å². The number of morpholine rings is 1. The van der Waals surface area contributed by atoms with Crippen LogP contribution in [0.15, 0.2) is 89.8 Å². The summed E-state index contributed by atoms with van der Waals surface area (Å²) in [6.45, 7) is 3.31. The lowest BCUT2D eigenvalue weighted by molar-refractivity contribution is -0.115. The molecule has 0 bridgehead atoms. The van der Waals surface area contributed by atoms with Crippen LogP contribution in [0, 0.1) is 0 Å². The number of carbonyl (C=O) groups is 1. The van der Waals surface area contributed by atoms with E-state index in [1.54, 1.807) is 11.8 Å². The summed E-state index contributed by atoms with van der Waals surface area (Å²) in [4.78, 5) is 16.5. The van der Waals surface area contributed by atoms with Gasteiger partial charge in [-0.3, -0.25) is 4.79 Å². The number of hydrogen-bond donors (Lipinski definition) is 1. The second kappa shape index (κ2) is 9.63. The lowest BCUT2D eigenvalue weighted by Gasteiger charge is -2.29. The van der Waals surface area contributed by atoms with E-state index in [0.29, 0.717) is 0 Å². The maximum absolute atomic E-state index is 13.1. The van der Waals surface area contributed by atoms with Gasteiger partial charge in [-0.25, -0.2) is 0 Å². The molecule has 1 N–H and O–H groups in total. The van der Waals surface area contributed by atoms with E-state index in [-0.39, 0.29) is 11.2 Å². The third-order valence-electron chi connectivity index (χ3n) is 4.85. The van der Waals surface area contributed by atoms with Gasteiger partial charge in [0.1, 0.15) is 5.25 Å².